The van der Waals surface area contributed by atoms with Gasteiger partial charge in [-0.3, -0.25) is 14.3 Å². The summed E-state index contributed by atoms with van der Waals surface area (Å²) in [6.07, 6.45) is 8.73. The number of amides is 2. The molecule has 2 amide bonds. The summed E-state index contributed by atoms with van der Waals surface area (Å²) in [5.74, 6) is -0.316. The van der Waals surface area contributed by atoms with Crippen molar-refractivity contribution in [1.82, 2.24) is 20.4 Å². The Bertz CT molecular complexity index is 753. The first kappa shape index (κ1) is 19.1. The van der Waals surface area contributed by atoms with Crippen LogP contribution in [0.5, 0.6) is 0 Å². The highest BCUT2D eigenvalue weighted by atomic mass is 16.2. The summed E-state index contributed by atoms with van der Waals surface area (Å²) in [5, 5.41) is 9.98. The third kappa shape index (κ3) is 5.65. The fourth-order valence-electron chi connectivity index (χ4n) is 3.36. The zero-order valence-electron chi connectivity index (χ0n) is 15.4. The van der Waals surface area contributed by atoms with E-state index in [2.05, 4.69) is 15.7 Å². The molecule has 27 heavy (non-hydrogen) atoms. The Hall–Kier alpha value is -2.67. The Morgan fingerprint density at radius 1 is 1.19 bits per heavy atom. The predicted octanol–water partition coefficient (Wildman–Crippen LogP) is 1.76. The van der Waals surface area contributed by atoms with E-state index < -0.39 is 0 Å². The average molecular weight is 369 g/mol. The lowest BCUT2D eigenvalue weighted by molar-refractivity contribution is -0.122. The van der Waals surface area contributed by atoms with Crippen LogP contribution in [0.1, 0.15) is 54.1 Å². The Morgan fingerprint density at radius 3 is 2.67 bits per heavy atom. The van der Waals surface area contributed by atoms with Crippen molar-refractivity contribution in [3.63, 3.8) is 0 Å². The van der Waals surface area contributed by atoms with Gasteiger partial charge in [0.1, 0.15) is 6.54 Å². The molecule has 1 heterocycles. The van der Waals surface area contributed by atoms with Crippen molar-refractivity contribution >= 4 is 11.8 Å². The van der Waals surface area contributed by atoms with Crippen LogP contribution in [0.3, 0.4) is 0 Å². The van der Waals surface area contributed by atoms with Crippen LogP contribution in [0.4, 0.5) is 0 Å². The van der Waals surface area contributed by atoms with Gasteiger partial charge < -0.3 is 16.4 Å². The van der Waals surface area contributed by atoms with Crippen LogP contribution in [0.2, 0.25) is 0 Å². The zero-order chi connectivity index (χ0) is 19.1. The molecule has 1 aliphatic rings. The van der Waals surface area contributed by atoms with Crippen molar-refractivity contribution in [3.8, 4) is 0 Å². The Morgan fingerprint density at radius 2 is 1.93 bits per heavy atom. The molecule has 7 heteroatoms. The van der Waals surface area contributed by atoms with E-state index in [1.807, 2.05) is 30.3 Å². The smallest absolute Gasteiger partial charge is 0.254 e. The van der Waals surface area contributed by atoms with E-state index in [1.165, 1.54) is 30.1 Å². The van der Waals surface area contributed by atoms with Crippen LogP contribution in [-0.2, 0) is 11.3 Å². The van der Waals surface area contributed by atoms with E-state index in [0.717, 1.165) is 18.4 Å². The van der Waals surface area contributed by atoms with Crippen LogP contribution in [0.15, 0.2) is 42.7 Å². The number of aromatic nitrogens is 2. The lowest BCUT2D eigenvalue weighted by atomic mass is 9.95. The Kier molecular flexibility index (Phi) is 6.59. The zero-order valence-corrected chi connectivity index (χ0v) is 15.4. The average Bonchev–Trinajstić information content (AvgIpc) is 3.15. The largest absolute Gasteiger partial charge is 0.352 e. The fraction of sp³-hybridized carbons (Fsp3) is 0.450. The summed E-state index contributed by atoms with van der Waals surface area (Å²) in [7, 11) is 0. The molecule has 1 aliphatic carbocycles. The topological polar surface area (TPSA) is 102 Å². The number of carbonyl (C=O) groups excluding carboxylic acids is 2. The number of hydrogen-bond acceptors (Lipinski definition) is 4. The second-order valence-corrected chi connectivity index (χ2v) is 7.06. The normalized spacial score (nSPS) is 15.9. The minimum Gasteiger partial charge on any atom is -0.352 e. The van der Waals surface area contributed by atoms with Crippen molar-refractivity contribution in [3.05, 3.63) is 53.9 Å². The number of carbonyl (C=O) groups is 2. The van der Waals surface area contributed by atoms with Crippen molar-refractivity contribution in [2.24, 2.45) is 5.73 Å². The summed E-state index contributed by atoms with van der Waals surface area (Å²) in [6.45, 7) is 0.448. The summed E-state index contributed by atoms with van der Waals surface area (Å²) in [4.78, 5) is 24.4. The molecule has 1 fully saturated rings. The molecular formula is C20H27N5O2. The number of nitrogens with two attached hydrogens (primary N) is 1. The fourth-order valence-corrected chi connectivity index (χ4v) is 3.36. The number of rotatable bonds is 7. The van der Waals surface area contributed by atoms with Gasteiger partial charge in [-0.15, -0.1) is 0 Å². The molecule has 1 saturated carbocycles. The van der Waals surface area contributed by atoms with Crippen LogP contribution in [0, 0.1) is 0 Å². The molecule has 0 saturated heterocycles. The number of hydrogen-bond donors (Lipinski definition) is 3. The molecule has 7 nitrogen and oxygen atoms in total. The quantitative estimate of drug-likeness (QED) is 0.692. The van der Waals surface area contributed by atoms with Gasteiger partial charge in [0.2, 0.25) is 5.91 Å². The predicted molar refractivity (Wildman–Crippen MR) is 103 cm³/mol. The molecule has 0 spiro atoms. The lowest BCUT2D eigenvalue weighted by Crippen LogP contribution is -2.38. The second kappa shape index (κ2) is 9.32. The molecule has 3 rings (SSSR count). The molecule has 4 N–H and O–H groups in total. The summed E-state index contributed by atoms with van der Waals surface area (Å²) < 4.78 is 1.49. The monoisotopic (exact) mass is 369 g/mol. The van der Waals surface area contributed by atoms with E-state index in [1.54, 1.807) is 6.20 Å². The highest BCUT2D eigenvalue weighted by Crippen LogP contribution is 2.17. The molecule has 1 unspecified atom stereocenters. The maximum absolute atomic E-state index is 12.3. The maximum Gasteiger partial charge on any atom is 0.254 e. The number of nitrogens with one attached hydrogen (secondary N) is 2. The SMILES string of the molecule is NC(CNC(=O)c1cnn(CC(=O)NC2CCCCC2)c1)c1ccccc1. The molecule has 1 aromatic carbocycles. The van der Waals surface area contributed by atoms with E-state index in [9.17, 15) is 9.59 Å². The van der Waals surface area contributed by atoms with Crippen LogP contribution in [-0.4, -0.2) is 34.2 Å². The van der Waals surface area contributed by atoms with Gasteiger partial charge in [-0.1, -0.05) is 49.6 Å². The standard InChI is InChI=1S/C20H27N5O2/c21-18(15-7-3-1-4-8-15)12-22-20(27)16-11-23-25(13-16)14-19(26)24-17-9-5-2-6-10-17/h1,3-4,7-8,11,13,17-18H,2,5-6,9-10,12,14,21H2,(H,22,27)(H,24,26). The van der Waals surface area contributed by atoms with Crippen LogP contribution < -0.4 is 16.4 Å². The second-order valence-electron chi connectivity index (χ2n) is 7.06. The van der Waals surface area contributed by atoms with E-state index in [0.29, 0.717) is 12.1 Å². The van der Waals surface area contributed by atoms with Crippen molar-refractivity contribution in [2.75, 3.05) is 6.54 Å². The molecule has 1 aromatic heterocycles. The third-order valence-corrected chi connectivity index (χ3v) is 4.88. The van der Waals surface area contributed by atoms with E-state index in [-0.39, 0.29) is 30.4 Å². The molecule has 0 radical (unpaired) electrons. The van der Waals surface area contributed by atoms with Gasteiger partial charge in [0.05, 0.1) is 11.8 Å². The van der Waals surface area contributed by atoms with Crippen LogP contribution >= 0.6 is 0 Å². The lowest BCUT2D eigenvalue weighted by Gasteiger charge is -2.22. The Labute approximate surface area is 159 Å². The van der Waals surface area contributed by atoms with Gasteiger partial charge in [0, 0.05) is 24.8 Å². The van der Waals surface area contributed by atoms with Crippen LogP contribution in [0.25, 0.3) is 0 Å². The highest BCUT2D eigenvalue weighted by Gasteiger charge is 2.17. The van der Waals surface area contributed by atoms with Gasteiger partial charge in [0.15, 0.2) is 0 Å². The first-order valence-corrected chi connectivity index (χ1v) is 9.52. The first-order chi connectivity index (χ1) is 13.1. The molecule has 0 aliphatic heterocycles. The molecule has 1 atom stereocenters. The van der Waals surface area contributed by atoms with Crippen molar-refractivity contribution in [2.45, 2.75) is 50.7 Å². The van der Waals surface area contributed by atoms with Gasteiger partial charge >= 0.3 is 0 Å². The summed E-state index contributed by atoms with van der Waals surface area (Å²) >= 11 is 0. The maximum atomic E-state index is 12.3. The molecule has 0 bridgehead atoms. The molecular weight excluding hydrogens is 342 g/mol. The molecule has 2 aromatic rings. The Balaban J connectivity index is 1.46. The molecule has 144 valence electrons. The van der Waals surface area contributed by atoms with Gasteiger partial charge in [0.25, 0.3) is 5.91 Å². The summed E-state index contributed by atoms with van der Waals surface area (Å²) in [5.41, 5.74) is 7.48. The first-order valence-electron chi connectivity index (χ1n) is 9.52. The summed E-state index contributed by atoms with van der Waals surface area (Å²) in [6, 6.07) is 9.61. The van der Waals surface area contributed by atoms with Gasteiger partial charge in [-0.25, -0.2) is 0 Å². The van der Waals surface area contributed by atoms with Gasteiger partial charge in [-0.2, -0.15) is 5.10 Å². The highest BCUT2D eigenvalue weighted by molar-refractivity contribution is 5.93. The number of benzene rings is 1. The minimum atomic E-state index is -0.272. The third-order valence-electron chi connectivity index (χ3n) is 4.88. The van der Waals surface area contributed by atoms with E-state index in [4.69, 9.17) is 5.73 Å². The van der Waals surface area contributed by atoms with Crippen molar-refractivity contribution in [1.29, 1.82) is 0 Å². The van der Waals surface area contributed by atoms with Gasteiger partial charge in [-0.05, 0) is 18.4 Å². The van der Waals surface area contributed by atoms with Crippen molar-refractivity contribution < 1.29 is 9.59 Å². The van der Waals surface area contributed by atoms with E-state index >= 15 is 0 Å². The minimum absolute atomic E-state index is 0.0666. The number of nitrogens with zero attached hydrogens (tertiary/aromatic N) is 2.